The fourth-order valence-corrected chi connectivity index (χ4v) is 4.27. The summed E-state index contributed by atoms with van der Waals surface area (Å²) in [5.74, 6) is -0.297. The lowest BCUT2D eigenvalue weighted by molar-refractivity contribution is -0.121. The number of nitrogens with zero attached hydrogens (tertiary/aromatic N) is 1. The van der Waals surface area contributed by atoms with Gasteiger partial charge in [-0.25, -0.2) is 8.42 Å². The van der Waals surface area contributed by atoms with Gasteiger partial charge in [-0.1, -0.05) is 48.9 Å². The fourth-order valence-electron chi connectivity index (χ4n) is 3.09. The lowest BCUT2D eigenvalue weighted by Gasteiger charge is -2.28. The van der Waals surface area contributed by atoms with Crippen molar-refractivity contribution in [3.05, 3.63) is 65.2 Å². The second kappa shape index (κ2) is 9.73. The highest BCUT2D eigenvalue weighted by Crippen LogP contribution is 2.21. The molecule has 2 rings (SSSR count). The maximum absolute atomic E-state index is 12.6. The van der Waals surface area contributed by atoms with E-state index >= 15 is 0 Å². The summed E-state index contributed by atoms with van der Waals surface area (Å²) in [6, 6.07) is 14.8. The predicted octanol–water partition coefficient (Wildman–Crippen LogP) is 3.46. The SMILES string of the molecule is CCc1ccc(N([C@@H](C)C(=O)NCCCc2ccc(C)cc2)S(C)(=O)=O)cc1. The second-order valence-corrected chi connectivity index (χ2v) is 8.99. The normalized spacial score (nSPS) is 12.4. The Labute approximate surface area is 168 Å². The van der Waals surface area contributed by atoms with E-state index in [0.717, 1.165) is 31.1 Å². The van der Waals surface area contributed by atoms with Crippen LogP contribution in [0.2, 0.25) is 0 Å². The Morgan fingerprint density at radius 3 is 2.14 bits per heavy atom. The Balaban J connectivity index is 1.97. The molecule has 1 N–H and O–H groups in total. The Morgan fingerprint density at radius 1 is 1.04 bits per heavy atom. The number of hydrogen-bond donors (Lipinski definition) is 1. The van der Waals surface area contributed by atoms with Crippen LogP contribution in [0.4, 0.5) is 5.69 Å². The number of hydrogen-bond acceptors (Lipinski definition) is 3. The van der Waals surface area contributed by atoms with Crippen LogP contribution in [0.15, 0.2) is 48.5 Å². The van der Waals surface area contributed by atoms with Crippen LogP contribution >= 0.6 is 0 Å². The molecule has 1 amide bonds. The second-order valence-electron chi connectivity index (χ2n) is 7.13. The van der Waals surface area contributed by atoms with Crippen molar-refractivity contribution in [3.63, 3.8) is 0 Å². The Hall–Kier alpha value is -2.34. The van der Waals surface area contributed by atoms with Crippen LogP contribution in [0.3, 0.4) is 0 Å². The quantitative estimate of drug-likeness (QED) is 0.653. The molecule has 2 aromatic rings. The van der Waals surface area contributed by atoms with Gasteiger partial charge in [-0.15, -0.1) is 0 Å². The van der Waals surface area contributed by atoms with Gasteiger partial charge in [0, 0.05) is 6.54 Å². The van der Waals surface area contributed by atoms with E-state index in [1.807, 2.05) is 19.1 Å². The molecule has 2 aromatic carbocycles. The molecule has 0 unspecified atom stereocenters. The van der Waals surface area contributed by atoms with Crippen molar-refractivity contribution in [1.29, 1.82) is 0 Å². The maximum Gasteiger partial charge on any atom is 0.243 e. The van der Waals surface area contributed by atoms with Crippen molar-refractivity contribution >= 4 is 21.6 Å². The highest BCUT2D eigenvalue weighted by molar-refractivity contribution is 7.92. The van der Waals surface area contributed by atoms with E-state index in [4.69, 9.17) is 0 Å². The largest absolute Gasteiger partial charge is 0.354 e. The number of aryl methyl sites for hydroxylation is 3. The lowest BCUT2D eigenvalue weighted by atomic mass is 10.1. The average Bonchev–Trinajstić information content (AvgIpc) is 2.66. The van der Waals surface area contributed by atoms with Crippen molar-refractivity contribution in [2.75, 3.05) is 17.1 Å². The molecule has 0 aromatic heterocycles. The van der Waals surface area contributed by atoms with Crippen molar-refractivity contribution in [2.24, 2.45) is 0 Å². The van der Waals surface area contributed by atoms with Crippen molar-refractivity contribution in [2.45, 2.75) is 46.1 Å². The molecule has 1 atom stereocenters. The van der Waals surface area contributed by atoms with Crippen LogP contribution in [0.25, 0.3) is 0 Å². The van der Waals surface area contributed by atoms with Gasteiger partial charge in [0.2, 0.25) is 15.9 Å². The van der Waals surface area contributed by atoms with E-state index in [1.54, 1.807) is 19.1 Å². The van der Waals surface area contributed by atoms with Gasteiger partial charge in [0.25, 0.3) is 0 Å². The highest BCUT2D eigenvalue weighted by Gasteiger charge is 2.28. The zero-order chi connectivity index (χ0) is 20.7. The standard InChI is InChI=1S/C22H30N2O3S/c1-5-19-12-14-21(15-13-19)24(28(4,26)27)18(3)22(25)23-16-6-7-20-10-8-17(2)9-11-20/h8-15,18H,5-7,16H2,1-4H3,(H,23,25)/t18-/m0/s1. The highest BCUT2D eigenvalue weighted by atomic mass is 32.2. The van der Waals surface area contributed by atoms with Crippen LogP contribution < -0.4 is 9.62 Å². The molecule has 0 aliphatic carbocycles. The smallest absolute Gasteiger partial charge is 0.243 e. The summed E-state index contributed by atoms with van der Waals surface area (Å²) in [5, 5.41) is 2.86. The van der Waals surface area contributed by atoms with Crippen LogP contribution in [0.1, 0.15) is 37.0 Å². The first-order chi connectivity index (χ1) is 13.2. The predicted molar refractivity (Wildman–Crippen MR) is 115 cm³/mol. The molecule has 0 aliphatic heterocycles. The molecule has 0 fully saturated rings. The Kier molecular flexibility index (Phi) is 7.63. The molecular weight excluding hydrogens is 372 g/mol. The first kappa shape index (κ1) is 22.0. The van der Waals surface area contributed by atoms with E-state index < -0.39 is 16.1 Å². The first-order valence-electron chi connectivity index (χ1n) is 9.64. The van der Waals surface area contributed by atoms with E-state index in [-0.39, 0.29) is 5.91 Å². The van der Waals surface area contributed by atoms with E-state index in [1.165, 1.54) is 15.4 Å². The van der Waals surface area contributed by atoms with Crippen LogP contribution in [0, 0.1) is 6.92 Å². The van der Waals surface area contributed by atoms with Gasteiger partial charge in [-0.3, -0.25) is 9.10 Å². The van der Waals surface area contributed by atoms with Crippen molar-refractivity contribution in [1.82, 2.24) is 5.32 Å². The number of amides is 1. The van der Waals surface area contributed by atoms with E-state index in [0.29, 0.717) is 12.2 Å². The summed E-state index contributed by atoms with van der Waals surface area (Å²) in [5.41, 5.74) is 4.06. The fraction of sp³-hybridized carbons (Fsp3) is 0.409. The van der Waals surface area contributed by atoms with Gasteiger partial charge in [-0.2, -0.15) is 0 Å². The zero-order valence-electron chi connectivity index (χ0n) is 17.1. The minimum absolute atomic E-state index is 0.297. The summed E-state index contributed by atoms with van der Waals surface area (Å²) in [6.07, 6.45) is 3.66. The van der Waals surface area contributed by atoms with Gasteiger partial charge >= 0.3 is 0 Å². The summed E-state index contributed by atoms with van der Waals surface area (Å²) >= 11 is 0. The summed E-state index contributed by atoms with van der Waals surface area (Å²) in [4.78, 5) is 12.6. The third kappa shape index (κ3) is 6.09. The molecule has 28 heavy (non-hydrogen) atoms. The van der Waals surface area contributed by atoms with Gasteiger partial charge in [-0.05, 0) is 56.4 Å². The van der Waals surface area contributed by atoms with E-state index in [2.05, 4.69) is 36.5 Å². The zero-order valence-corrected chi connectivity index (χ0v) is 17.9. The van der Waals surface area contributed by atoms with Crippen molar-refractivity contribution < 1.29 is 13.2 Å². The summed E-state index contributed by atoms with van der Waals surface area (Å²) in [6.45, 7) is 6.21. The third-order valence-corrected chi connectivity index (χ3v) is 5.99. The van der Waals surface area contributed by atoms with Crippen LogP contribution in [-0.2, 0) is 27.7 Å². The molecule has 5 nitrogen and oxygen atoms in total. The minimum Gasteiger partial charge on any atom is -0.354 e. The maximum atomic E-state index is 12.6. The van der Waals surface area contributed by atoms with Gasteiger partial charge in [0.05, 0.1) is 11.9 Å². The molecule has 0 bridgehead atoms. The average molecular weight is 403 g/mol. The number of nitrogens with one attached hydrogen (secondary N) is 1. The number of rotatable bonds is 9. The molecule has 0 saturated carbocycles. The lowest BCUT2D eigenvalue weighted by Crippen LogP contribution is -2.48. The summed E-state index contributed by atoms with van der Waals surface area (Å²) < 4.78 is 25.8. The third-order valence-electron chi connectivity index (χ3n) is 4.75. The number of anilines is 1. The molecular formula is C22H30N2O3S. The van der Waals surface area contributed by atoms with Gasteiger partial charge in [0.15, 0.2) is 0 Å². The molecule has 0 heterocycles. The Morgan fingerprint density at radius 2 is 1.61 bits per heavy atom. The minimum atomic E-state index is -3.59. The summed E-state index contributed by atoms with van der Waals surface area (Å²) in [7, 11) is -3.59. The topological polar surface area (TPSA) is 66.5 Å². The van der Waals surface area contributed by atoms with Crippen molar-refractivity contribution in [3.8, 4) is 0 Å². The van der Waals surface area contributed by atoms with Crippen LogP contribution in [0.5, 0.6) is 0 Å². The number of carbonyl (C=O) groups excluding carboxylic acids is 1. The number of benzene rings is 2. The van der Waals surface area contributed by atoms with E-state index in [9.17, 15) is 13.2 Å². The molecule has 0 radical (unpaired) electrons. The van der Waals surface area contributed by atoms with Gasteiger partial charge in [0.1, 0.15) is 6.04 Å². The monoisotopic (exact) mass is 402 g/mol. The molecule has 6 heteroatoms. The number of carbonyl (C=O) groups is 1. The molecule has 0 saturated heterocycles. The molecule has 152 valence electrons. The van der Waals surface area contributed by atoms with Gasteiger partial charge < -0.3 is 5.32 Å². The Bertz CT molecular complexity index is 875. The number of sulfonamides is 1. The first-order valence-corrected chi connectivity index (χ1v) is 11.5. The molecule has 0 aliphatic rings. The van der Waals surface area contributed by atoms with Crippen LogP contribution in [-0.4, -0.2) is 33.2 Å². The molecule has 0 spiro atoms.